The van der Waals surface area contributed by atoms with Gasteiger partial charge in [0.2, 0.25) is 0 Å². The first-order valence-corrected chi connectivity index (χ1v) is 8.18. The molecule has 0 amide bonds. The van der Waals surface area contributed by atoms with E-state index in [9.17, 15) is 0 Å². The van der Waals surface area contributed by atoms with Gasteiger partial charge in [-0.05, 0) is 30.5 Å². The summed E-state index contributed by atoms with van der Waals surface area (Å²) in [4.78, 5) is 6.99. The summed E-state index contributed by atoms with van der Waals surface area (Å²) in [5.41, 5.74) is 8.30. The smallest absolute Gasteiger partial charge is 0.124 e. The average Bonchev–Trinajstić information content (AvgIpc) is 2.97. The molecule has 0 saturated carbocycles. The Balaban J connectivity index is 1.97. The third-order valence-corrected chi connectivity index (χ3v) is 4.63. The number of hydrogen-bond donors (Lipinski definition) is 1. The Hall–Kier alpha value is -0.750. The Labute approximate surface area is 123 Å². The molecule has 0 atom stereocenters. The van der Waals surface area contributed by atoms with Gasteiger partial charge in [-0.15, -0.1) is 11.3 Å². The van der Waals surface area contributed by atoms with Gasteiger partial charge in [0, 0.05) is 29.4 Å². The standard InChI is InChI=1S/C14H21N3S2/c1-14(2,9-15)10-17(3)6-12-8-19-13(16-12)11-4-5-18-7-11/h4-5,7-8H,6,9-10,15H2,1-3H3. The highest BCUT2D eigenvalue weighted by Gasteiger charge is 2.18. The number of nitrogens with two attached hydrogens (primary N) is 1. The van der Waals surface area contributed by atoms with E-state index < -0.39 is 0 Å². The third-order valence-electron chi connectivity index (χ3n) is 3.00. The zero-order valence-electron chi connectivity index (χ0n) is 11.7. The van der Waals surface area contributed by atoms with Gasteiger partial charge in [0.25, 0.3) is 0 Å². The largest absolute Gasteiger partial charge is 0.330 e. The van der Waals surface area contributed by atoms with E-state index in [4.69, 9.17) is 10.7 Å². The molecule has 5 heteroatoms. The van der Waals surface area contributed by atoms with Gasteiger partial charge in [0.1, 0.15) is 5.01 Å². The van der Waals surface area contributed by atoms with Crippen molar-refractivity contribution >= 4 is 22.7 Å². The van der Waals surface area contributed by atoms with Gasteiger partial charge in [-0.1, -0.05) is 13.8 Å². The van der Waals surface area contributed by atoms with E-state index in [-0.39, 0.29) is 5.41 Å². The van der Waals surface area contributed by atoms with Gasteiger partial charge >= 0.3 is 0 Å². The van der Waals surface area contributed by atoms with E-state index in [1.165, 1.54) is 5.56 Å². The normalized spacial score (nSPS) is 12.3. The molecule has 0 spiro atoms. The van der Waals surface area contributed by atoms with Crippen LogP contribution < -0.4 is 5.73 Å². The van der Waals surface area contributed by atoms with Crippen LogP contribution in [0.3, 0.4) is 0 Å². The van der Waals surface area contributed by atoms with Crippen molar-refractivity contribution in [2.45, 2.75) is 20.4 Å². The third kappa shape index (κ3) is 4.11. The number of aromatic nitrogens is 1. The van der Waals surface area contributed by atoms with Crippen LogP contribution in [0.1, 0.15) is 19.5 Å². The molecule has 104 valence electrons. The van der Waals surface area contributed by atoms with Gasteiger partial charge in [0.15, 0.2) is 0 Å². The van der Waals surface area contributed by atoms with E-state index in [1.807, 2.05) is 0 Å². The van der Waals surface area contributed by atoms with Crippen LogP contribution in [-0.2, 0) is 6.54 Å². The molecule has 2 N–H and O–H groups in total. The van der Waals surface area contributed by atoms with Crippen molar-refractivity contribution in [3.8, 4) is 10.6 Å². The fourth-order valence-electron chi connectivity index (χ4n) is 2.03. The molecule has 2 heterocycles. The second kappa shape index (κ2) is 6.13. The van der Waals surface area contributed by atoms with Crippen LogP contribution >= 0.6 is 22.7 Å². The molecular weight excluding hydrogens is 274 g/mol. The minimum Gasteiger partial charge on any atom is -0.330 e. The molecule has 19 heavy (non-hydrogen) atoms. The number of rotatable bonds is 6. The molecule has 0 radical (unpaired) electrons. The second-order valence-corrected chi connectivity index (χ2v) is 7.33. The Morgan fingerprint density at radius 2 is 2.16 bits per heavy atom. The lowest BCUT2D eigenvalue weighted by molar-refractivity contribution is 0.208. The Morgan fingerprint density at radius 3 is 2.79 bits per heavy atom. The first-order chi connectivity index (χ1) is 9.00. The average molecular weight is 295 g/mol. The van der Waals surface area contributed by atoms with Crippen molar-refractivity contribution in [2.24, 2.45) is 11.1 Å². The van der Waals surface area contributed by atoms with Crippen LogP contribution in [0.4, 0.5) is 0 Å². The lowest BCUT2D eigenvalue weighted by atomic mass is 9.93. The molecule has 0 aliphatic heterocycles. The van der Waals surface area contributed by atoms with Crippen LogP contribution in [0.25, 0.3) is 10.6 Å². The topological polar surface area (TPSA) is 42.2 Å². The maximum atomic E-state index is 5.78. The summed E-state index contributed by atoms with van der Waals surface area (Å²) in [6.45, 7) is 6.95. The number of thiazole rings is 1. The Kier molecular flexibility index (Phi) is 4.73. The Bertz CT molecular complexity index is 503. The van der Waals surface area contributed by atoms with Crippen molar-refractivity contribution in [1.29, 1.82) is 0 Å². The van der Waals surface area contributed by atoms with Crippen LogP contribution in [0.15, 0.2) is 22.2 Å². The van der Waals surface area contributed by atoms with Gasteiger partial charge in [-0.3, -0.25) is 4.90 Å². The molecule has 2 aromatic rings. The van der Waals surface area contributed by atoms with Crippen LogP contribution in [0.2, 0.25) is 0 Å². The molecule has 2 aromatic heterocycles. The highest BCUT2D eigenvalue weighted by molar-refractivity contribution is 7.14. The summed E-state index contributed by atoms with van der Waals surface area (Å²) in [5.74, 6) is 0. The zero-order valence-corrected chi connectivity index (χ0v) is 13.4. The summed E-state index contributed by atoms with van der Waals surface area (Å²) < 4.78 is 0. The summed E-state index contributed by atoms with van der Waals surface area (Å²) in [7, 11) is 2.13. The SMILES string of the molecule is CN(Cc1csc(-c2ccsc2)n1)CC(C)(C)CN. The molecular formula is C14H21N3S2. The molecule has 0 fully saturated rings. The van der Waals surface area contributed by atoms with Crippen molar-refractivity contribution in [3.05, 3.63) is 27.9 Å². The number of thiophene rings is 1. The highest BCUT2D eigenvalue weighted by atomic mass is 32.1. The van der Waals surface area contributed by atoms with Crippen molar-refractivity contribution < 1.29 is 0 Å². The summed E-state index contributed by atoms with van der Waals surface area (Å²) in [6, 6.07) is 2.12. The lowest BCUT2D eigenvalue weighted by Crippen LogP contribution is -2.36. The van der Waals surface area contributed by atoms with E-state index >= 15 is 0 Å². The zero-order chi connectivity index (χ0) is 13.9. The van der Waals surface area contributed by atoms with Gasteiger partial charge in [0.05, 0.1) is 5.69 Å². The fourth-order valence-corrected chi connectivity index (χ4v) is 3.55. The van der Waals surface area contributed by atoms with Crippen molar-refractivity contribution in [2.75, 3.05) is 20.1 Å². The molecule has 0 bridgehead atoms. The number of nitrogens with zero attached hydrogens (tertiary/aromatic N) is 2. The van der Waals surface area contributed by atoms with E-state index in [1.54, 1.807) is 22.7 Å². The number of hydrogen-bond acceptors (Lipinski definition) is 5. The highest BCUT2D eigenvalue weighted by Crippen LogP contribution is 2.26. The molecule has 0 unspecified atom stereocenters. The van der Waals surface area contributed by atoms with Crippen LogP contribution in [0.5, 0.6) is 0 Å². The minimum atomic E-state index is 0.154. The minimum absolute atomic E-state index is 0.154. The van der Waals surface area contributed by atoms with Crippen LogP contribution in [0, 0.1) is 5.41 Å². The molecule has 3 nitrogen and oxygen atoms in total. The van der Waals surface area contributed by atoms with Crippen molar-refractivity contribution in [3.63, 3.8) is 0 Å². The molecule has 0 aliphatic rings. The van der Waals surface area contributed by atoms with Gasteiger partial charge < -0.3 is 5.73 Å². The summed E-state index contributed by atoms with van der Waals surface area (Å²) in [6.07, 6.45) is 0. The first kappa shape index (κ1) is 14.7. The molecule has 0 aromatic carbocycles. The van der Waals surface area contributed by atoms with Crippen LogP contribution in [-0.4, -0.2) is 30.0 Å². The van der Waals surface area contributed by atoms with Gasteiger partial charge in [-0.25, -0.2) is 4.98 Å². The van der Waals surface area contributed by atoms with E-state index in [0.29, 0.717) is 6.54 Å². The Morgan fingerprint density at radius 1 is 1.37 bits per heavy atom. The predicted octanol–water partition coefficient (Wildman–Crippen LogP) is 3.29. The van der Waals surface area contributed by atoms with E-state index in [0.717, 1.165) is 23.8 Å². The molecule has 0 saturated heterocycles. The summed E-state index contributed by atoms with van der Waals surface area (Å²) >= 11 is 3.43. The fraction of sp³-hybridized carbons (Fsp3) is 0.500. The second-order valence-electron chi connectivity index (χ2n) is 5.70. The molecule has 2 rings (SSSR count). The maximum Gasteiger partial charge on any atom is 0.124 e. The molecule has 0 aliphatic carbocycles. The van der Waals surface area contributed by atoms with Crippen molar-refractivity contribution in [1.82, 2.24) is 9.88 Å². The predicted molar refractivity (Wildman–Crippen MR) is 84.6 cm³/mol. The first-order valence-electron chi connectivity index (χ1n) is 6.36. The van der Waals surface area contributed by atoms with E-state index in [2.05, 4.69) is 48.0 Å². The summed E-state index contributed by atoms with van der Waals surface area (Å²) in [5, 5.41) is 7.50. The quantitative estimate of drug-likeness (QED) is 0.889. The van der Waals surface area contributed by atoms with Gasteiger partial charge in [-0.2, -0.15) is 11.3 Å². The maximum absolute atomic E-state index is 5.78. The lowest BCUT2D eigenvalue weighted by Gasteiger charge is -2.28. The monoisotopic (exact) mass is 295 g/mol.